The topological polar surface area (TPSA) is 117 Å². The number of rotatable bonds is 4. The molecule has 1 rings (SSSR count). The molecule has 0 unspecified atom stereocenters. The van der Waals surface area contributed by atoms with E-state index < -0.39 is 15.7 Å². The Hall–Kier alpha value is -0.860. The minimum atomic E-state index is -3.59. The lowest BCUT2D eigenvalue weighted by atomic mass is 9.98. The van der Waals surface area contributed by atoms with Gasteiger partial charge in [0.15, 0.2) is 5.84 Å². The van der Waals surface area contributed by atoms with Crippen molar-refractivity contribution in [3.8, 4) is 0 Å². The quantitative estimate of drug-likeness (QED) is 0.219. The first-order valence-corrected chi connectivity index (χ1v) is 6.14. The first-order chi connectivity index (χ1) is 6.96. The Balaban J connectivity index is 2.94. The molecule has 0 aliphatic heterocycles. The van der Waals surface area contributed by atoms with Crippen LogP contribution in [-0.2, 0) is 10.2 Å². The van der Waals surface area contributed by atoms with Gasteiger partial charge in [0.2, 0.25) is 0 Å². The first kappa shape index (κ1) is 12.2. The summed E-state index contributed by atoms with van der Waals surface area (Å²) in [5, 5.41) is 11.5. The van der Waals surface area contributed by atoms with Crippen molar-refractivity contribution in [3.05, 3.63) is 0 Å². The Morgan fingerprint density at radius 2 is 2.00 bits per heavy atom. The summed E-state index contributed by atoms with van der Waals surface area (Å²) in [6.07, 6.45) is 2.79. The number of nitrogens with zero attached hydrogens (tertiary/aromatic N) is 1. The molecule has 0 aromatic carbocycles. The van der Waals surface area contributed by atoms with Crippen LogP contribution in [0.15, 0.2) is 5.16 Å². The number of oxime groups is 1. The fraction of sp³-hybridized carbons (Fsp3) is 0.857. The molecule has 1 aliphatic carbocycles. The van der Waals surface area contributed by atoms with Crippen LogP contribution in [0.3, 0.4) is 0 Å². The molecular formula is C7H16N4O3S. The minimum Gasteiger partial charge on any atom is -0.409 e. The summed E-state index contributed by atoms with van der Waals surface area (Å²) in [4.78, 5) is 0. The molecule has 1 saturated carbocycles. The molecule has 5 N–H and O–H groups in total. The number of hydrogen-bond acceptors (Lipinski definition) is 4. The van der Waals surface area contributed by atoms with Crippen molar-refractivity contribution in [1.82, 2.24) is 9.44 Å². The molecule has 1 aliphatic rings. The van der Waals surface area contributed by atoms with E-state index in [2.05, 4.69) is 14.6 Å². The summed E-state index contributed by atoms with van der Waals surface area (Å²) in [6, 6.07) is 0. The van der Waals surface area contributed by atoms with E-state index in [1.54, 1.807) is 0 Å². The maximum Gasteiger partial charge on any atom is 0.277 e. The molecule has 15 heavy (non-hydrogen) atoms. The van der Waals surface area contributed by atoms with Gasteiger partial charge in [-0.1, -0.05) is 18.0 Å². The second-order valence-corrected chi connectivity index (χ2v) is 5.20. The van der Waals surface area contributed by atoms with Crippen LogP contribution in [0, 0.1) is 0 Å². The van der Waals surface area contributed by atoms with Gasteiger partial charge in [0.25, 0.3) is 10.2 Å². The number of nitrogens with two attached hydrogens (primary N) is 1. The molecule has 88 valence electrons. The Labute approximate surface area is 88.9 Å². The largest absolute Gasteiger partial charge is 0.409 e. The lowest BCUT2D eigenvalue weighted by Crippen LogP contribution is -2.57. The van der Waals surface area contributed by atoms with Crippen LogP contribution in [0.4, 0.5) is 0 Å². The third kappa shape index (κ3) is 2.58. The fourth-order valence-electron chi connectivity index (χ4n) is 1.79. The van der Waals surface area contributed by atoms with Crippen molar-refractivity contribution in [2.75, 3.05) is 7.05 Å². The molecule has 0 spiro atoms. The molecule has 0 saturated heterocycles. The smallest absolute Gasteiger partial charge is 0.277 e. The molecule has 0 bridgehead atoms. The van der Waals surface area contributed by atoms with E-state index in [1.807, 2.05) is 0 Å². The molecule has 0 aromatic heterocycles. The predicted octanol–water partition coefficient (Wildman–Crippen LogP) is -0.901. The summed E-state index contributed by atoms with van der Waals surface area (Å²) in [5.41, 5.74) is 4.59. The van der Waals surface area contributed by atoms with Crippen molar-refractivity contribution in [2.24, 2.45) is 10.9 Å². The summed E-state index contributed by atoms with van der Waals surface area (Å²) in [7, 11) is -2.29. The van der Waals surface area contributed by atoms with Crippen LogP contribution in [-0.4, -0.2) is 32.0 Å². The third-order valence-corrected chi connectivity index (χ3v) is 3.85. The van der Waals surface area contributed by atoms with Crippen LogP contribution < -0.4 is 15.2 Å². The summed E-state index contributed by atoms with van der Waals surface area (Å²) < 4.78 is 27.3. The van der Waals surface area contributed by atoms with E-state index in [0.29, 0.717) is 12.8 Å². The normalized spacial score (nSPS) is 21.8. The van der Waals surface area contributed by atoms with Gasteiger partial charge >= 0.3 is 0 Å². The summed E-state index contributed by atoms with van der Waals surface area (Å²) in [6.45, 7) is 0. The predicted molar refractivity (Wildman–Crippen MR) is 55.7 cm³/mol. The minimum absolute atomic E-state index is 0.0844. The highest BCUT2D eigenvalue weighted by Gasteiger charge is 2.41. The first-order valence-electron chi connectivity index (χ1n) is 4.66. The van der Waals surface area contributed by atoms with Gasteiger partial charge in [0.05, 0.1) is 5.54 Å². The Kier molecular flexibility index (Phi) is 3.53. The molecule has 7 nitrogen and oxygen atoms in total. The Morgan fingerprint density at radius 1 is 1.47 bits per heavy atom. The zero-order chi connectivity index (χ0) is 11.5. The average Bonchev–Trinajstić information content (AvgIpc) is 2.65. The zero-order valence-corrected chi connectivity index (χ0v) is 9.34. The summed E-state index contributed by atoms with van der Waals surface area (Å²) >= 11 is 0. The molecule has 8 heteroatoms. The van der Waals surface area contributed by atoms with Crippen LogP contribution >= 0.6 is 0 Å². The van der Waals surface area contributed by atoms with Gasteiger partial charge in [0.1, 0.15) is 0 Å². The fourth-order valence-corrected chi connectivity index (χ4v) is 2.72. The van der Waals surface area contributed by atoms with Crippen molar-refractivity contribution >= 4 is 16.0 Å². The molecule has 0 atom stereocenters. The van der Waals surface area contributed by atoms with E-state index >= 15 is 0 Å². The van der Waals surface area contributed by atoms with Gasteiger partial charge in [0, 0.05) is 7.05 Å². The number of amidine groups is 1. The Bertz CT molecular complexity index is 345. The van der Waals surface area contributed by atoms with Crippen molar-refractivity contribution < 1.29 is 13.6 Å². The summed E-state index contributed by atoms with van der Waals surface area (Å²) in [5.74, 6) is -0.0844. The van der Waals surface area contributed by atoms with Gasteiger partial charge in [-0.2, -0.15) is 13.1 Å². The Morgan fingerprint density at radius 3 is 2.40 bits per heavy atom. The molecule has 0 aromatic rings. The van der Waals surface area contributed by atoms with Crippen molar-refractivity contribution in [1.29, 1.82) is 0 Å². The van der Waals surface area contributed by atoms with Gasteiger partial charge in [-0.15, -0.1) is 0 Å². The molecule has 0 radical (unpaired) electrons. The molecule has 1 fully saturated rings. The van der Waals surface area contributed by atoms with Crippen LogP contribution in [0.25, 0.3) is 0 Å². The average molecular weight is 236 g/mol. The monoisotopic (exact) mass is 236 g/mol. The van der Waals surface area contributed by atoms with Gasteiger partial charge in [-0.05, 0) is 12.8 Å². The van der Waals surface area contributed by atoms with Gasteiger partial charge in [-0.3, -0.25) is 0 Å². The molecule has 0 amide bonds. The maximum atomic E-state index is 11.4. The van der Waals surface area contributed by atoms with E-state index in [4.69, 9.17) is 10.9 Å². The zero-order valence-electron chi connectivity index (χ0n) is 8.52. The van der Waals surface area contributed by atoms with Crippen molar-refractivity contribution in [3.63, 3.8) is 0 Å². The molecule has 0 heterocycles. The second-order valence-electron chi connectivity index (χ2n) is 3.58. The highest BCUT2D eigenvalue weighted by molar-refractivity contribution is 7.87. The SMILES string of the molecule is CNS(=O)(=O)NC1(C(N)=NO)CCCC1. The number of hydrogen-bond donors (Lipinski definition) is 4. The number of nitrogens with one attached hydrogen (secondary N) is 2. The van der Waals surface area contributed by atoms with E-state index in [-0.39, 0.29) is 5.84 Å². The van der Waals surface area contributed by atoms with Crippen LogP contribution in [0.1, 0.15) is 25.7 Å². The molecular weight excluding hydrogens is 220 g/mol. The standard InChI is InChI=1S/C7H16N4O3S/c1-9-15(13,14)11-7(6(8)10-12)4-2-3-5-7/h9,11-12H,2-5H2,1H3,(H2,8,10). The van der Waals surface area contributed by atoms with Crippen LogP contribution in [0.2, 0.25) is 0 Å². The lowest BCUT2D eigenvalue weighted by Gasteiger charge is -2.27. The van der Waals surface area contributed by atoms with E-state index in [0.717, 1.165) is 12.8 Å². The van der Waals surface area contributed by atoms with E-state index in [1.165, 1.54) is 7.05 Å². The van der Waals surface area contributed by atoms with Crippen LogP contribution in [0.5, 0.6) is 0 Å². The second kappa shape index (κ2) is 4.33. The third-order valence-electron chi connectivity index (χ3n) is 2.65. The van der Waals surface area contributed by atoms with Crippen molar-refractivity contribution in [2.45, 2.75) is 31.2 Å². The van der Waals surface area contributed by atoms with Gasteiger partial charge < -0.3 is 10.9 Å². The highest BCUT2D eigenvalue weighted by atomic mass is 32.2. The lowest BCUT2D eigenvalue weighted by molar-refractivity contribution is 0.309. The highest BCUT2D eigenvalue weighted by Crippen LogP contribution is 2.30. The van der Waals surface area contributed by atoms with E-state index in [9.17, 15) is 8.42 Å². The maximum absolute atomic E-state index is 11.4. The van der Waals surface area contributed by atoms with Gasteiger partial charge in [-0.25, -0.2) is 4.72 Å².